The van der Waals surface area contributed by atoms with E-state index in [1.807, 2.05) is 6.92 Å². The van der Waals surface area contributed by atoms with Crippen LogP contribution in [-0.4, -0.2) is 49.8 Å². The van der Waals surface area contributed by atoms with Crippen LogP contribution in [0.4, 0.5) is 4.39 Å². The van der Waals surface area contributed by atoms with Crippen LogP contribution < -0.4 is 0 Å². The van der Waals surface area contributed by atoms with Crippen molar-refractivity contribution in [2.24, 2.45) is 0 Å². The number of hydrogen-bond acceptors (Lipinski definition) is 4. The number of hydrogen-bond donors (Lipinski definition) is 0. The summed E-state index contributed by atoms with van der Waals surface area (Å²) in [5, 5.41) is 0. The number of rotatable bonds is 4. The molecular weight excluding hydrogens is 261 g/mol. The van der Waals surface area contributed by atoms with Crippen LogP contribution in [0.5, 0.6) is 0 Å². The standard InChI is InChI=1S/C15H20FNO3/c1-11-4-3-5-13(14(11)16)15(18)20-12(2)10-17-6-8-19-9-7-17/h3-5,12H,6-10H2,1-2H3/t12-/m1/s1. The Kier molecular flexibility index (Phi) is 5.09. The van der Waals surface area contributed by atoms with Crippen LogP contribution in [0.15, 0.2) is 18.2 Å². The summed E-state index contributed by atoms with van der Waals surface area (Å²) in [6.07, 6.45) is -0.277. The first-order chi connectivity index (χ1) is 9.58. The van der Waals surface area contributed by atoms with Crippen molar-refractivity contribution in [3.8, 4) is 0 Å². The molecule has 1 saturated heterocycles. The fourth-order valence-electron chi connectivity index (χ4n) is 2.24. The summed E-state index contributed by atoms with van der Waals surface area (Å²) >= 11 is 0. The van der Waals surface area contributed by atoms with Gasteiger partial charge in [0, 0.05) is 19.6 Å². The molecule has 0 radical (unpaired) electrons. The monoisotopic (exact) mass is 281 g/mol. The van der Waals surface area contributed by atoms with Gasteiger partial charge in [-0.3, -0.25) is 4.90 Å². The number of nitrogens with zero attached hydrogens (tertiary/aromatic N) is 1. The second kappa shape index (κ2) is 6.81. The molecule has 1 aliphatic rings. The summed E-state index contributed by atoms with van der Waals surface area (Å²) in [5.41, 5.74) is 0.444. The Hall–Kier alpha value is -1.46. The molecule has 20 heavy (non-hydrogen) atoms. The molecule has 5 heteroatoms. The Bertz CT molecular complexity index is 472. The van der Waals surface area contributed by atoms with Crippen molar-refractivity contribution in [1.29, 1.82) is 0 Å². The van der Waals surface area contributed by atoms with Crippen molar-refractivity contribution >= 4 is 5.97 Å². The van der Waals surface area contributed by atoms with E-state index >= 15 is 0 Å². The van der Waals surface area contributed by atoms with E-state index < -0.39 is 11.8 Å². The van der Waals surface area contributed by atoms with Crippen LogP contribution in [0.2, 0.25) is 0 Å². The summed E-state index contributed by atoms with van der Waals surface area (Å²) in [6, 6.07) is 4.73. The van der Waals surface area contributed by atoms with Gasteiger partial charge in [0.2, 0.25) is 0 Å². The number of esters is 1. The smallest absolute Gasteiger partial charge is 0.341 e. The van der Waals surface area contributed by atoms with Gasteiger partial charge in [-0.1, -0.05) is 12.1 Å². The maximum Gasteiger partial charge on any atom is 0.341 e. The Morgan fingerprint density at radius 2 is 2.15 bits per heavy atom. The van der Waals surface area contributed by atoms with E-state index in [4.69, 9.17) is 9.47 Å². The maximum absolute atomic E-state index is 13.8. The third kappa shape index (κ3) is 3.77. The van der Waals surface area contributed by atoms with E-state index in [2.05, 4.69) is 4.90 Å². The van der Waals surface area contributed by atoms with Crippen molar-refractivity contribution in [1.82, 2.24) is 4.90 Å². The van der Waals surface area contributed by atoms with Crippen LogP contribution in [0, 0.1) is 12.7 Å². The van der Waals surface area contributed by atoms with Crippen LogP contribution in [0.25, 0.3) is 0 Å². The molecule has 4 nitrogen and oxygen atoms in total. The summed E-state index contributed by atoms with van der Waals surface area (Å²) in [7, 11) is 0. The van der Waals surface area contributed by atoms with Crippen LogP contribution in [-0.2, 0) is 9.47 Å². The first-order valence-corrected chi connectivity index (χ1v) is 6.84. The molecule has 1 aliphatic heterocycles. The highest BCUT2D eigenvalue weighted by Gasteiger charge is 2.20. The summed E-state index contributed by atoms with van der Waals surface area (Å²) in [6.45, 7) is 7.16. The number of benzene rings is 1. The van der Waals surface area contributed by atoms with Gasteiger partial charge in [-0.05, 0) is 25.5 Å². The highest BCUT2D eigenvalue weighted by atomic mass is 19.1. The SMILES string of the molecule is Cc1cccc(C(=O)O[C@H](C)CN2CCOCC2)c1F. The lowest BCUT2D eigenvalue weighted by Gasteiger charge is -2.28. The number of carbonyl (C=O) groups excluding carboxylic acids is 1. The lowest BCUT2D eigenvalue weighted by molar-refractivity contribution is 0.000203. The molecule has 0 saturated carbocycles. The zero-order valence-corrected chi connectivity index (χ0v) is 11.9. The van der Waals surface area contributed by atoms with Crippen molar-refractivity contribution in [3.05, 3.63) is 35.1 Å². The highest BCUT2D eigenvalue weighted by Crippen LogP contribution is 2.14. The lowest BCUT2D eigenvalue weighted by atomic mass is 10.1. The van der Waals surface area contributed by atoms with E-state index in [1.54, 1.807) is 19.1 Å². The summed E-state index contributed by atoms with van der Waals surface area (Å²) in [5.74, 6) is -1.11. The number of aryl methyl sites for hydroxylation is 1. The lowest BCUT2D eigenvalue weighted by Crippen LogP contribution is -2.41. The minimum Gasteiger partial charge on any atom is -0.458 e. The number of morpholine rings is 1. The normalized spacial score (nSPS) is 17.8. The van der Waals surface area contributed by atoms with Gasteiger partial charge in [0.1, 0.15) is 11.9 Å². The molecule has 0 spiro atoms. The van der Waals surface area contributed by atoms with E-state index in [9.17, 15) is 9.18 Å². The van der Waals surface area contributed by atoms with Gasteiger partial charge in [-0.25, -0.2) is 9.18 Å². The highest BCUT2D eigenvalue weighted by molar-refractivity contribution is 5.90. The Morgan fingerprint density at radius 3 is 2.85 bits per heavy atom. The molecule has 1 aromatic carbocycles. The molecule has 0 N–H and O–H groups in total. The molecule has 2 rings (SSSR count). The summed E-state index contributed by atoms with van der Waals surface area (Å²) in [4.78, 5) is 14.1. The molecule has 0 bridgehead atoms. The molecule has 1 fully saturated rings. The largest absolute Gasteiger partial charge is 0.458 e. The average molecular weight is 281 g/mol. The van der Waals surface area contributed by atoms with E-state index in [0.717, 1.165) is 13.1 Å². The van der Waals surface area contributed by atoms with Gasteiger partial charge >= 0.3 is 5.97 Å². The zero-order chi connectivity index (χ0) is 14.5. The number of carbonyl (C=O) groups is 1. The van der Waals surface area contributed by atoms with E-state index in [-0.39, 0.29) is 11.7 Å². The maximum atomic E-state index is 13.8. The topological polar surface area (TPSA) is 38.8 Å². The summed E-state index contributed by atoms with van der Waals surface area (Å²) < 4.78 is 24.4. The molecule has 1 atom stereocenters. The predicted molar refractivity (Wildman–Crippen MR) is 73.3 cm³/mol. The zero-order valence-electron chi connectivity index (χ0n) is 11.9. The van der Waals surface area contributed by atoms with Crippen molar-refractivity contribution < 1.29 is 18.7 Å². The molecular formula is C15H20FNO3. The molecule has 0 aliphatic carbocycles. The van der Waals surface area contributed by atoms with Gasteiger partial charge in [-0.2, -0.15) is 0 Å². The number of halogens is 1. The Balaban J connectivity index is 1.91. The van der Waals surface area contributed by atoms with Gasteiger partial charge < -0.3 is 9.47 Å². The van der Waals surface area contributed by atoms with Gasteiger partial charge in [0.25, 0.3) is 0 Å². The van der Waals surface area contributed by atoms with Gasteiger partial charge in [0.05, 0.1) is 18.8 Å². The minimum absolute atomic E-state index is 0.00109. The minimum atomic E-state index is -0.605. The quantitative estimate of drug-likeness (QED) is 0.791. The van der Waals surface area contributed by atoms with E-state index in [1.165, 1.54) is 6.07 Å². The third-order valence-electron chi connectivity index (χ3n) is 3.34. The number of ether oxygens (including phenoxy) is 2. The molecule has 0 aromatic heterocycles. The van der Waals surface area contributed by atoms with Crippen LogP contribution in [0.1, 0.15) is 22.8 Å². The van der Waals surface area contributed by atoms with Gasteiger partial charge in [-0.15, -0.1) is 0 Å². The fraction of sp³-hybridized carbons (Fsp3) is 0.533. The first kappa shape index (κ1) is 14.9. The Morgan fingerprint density at radius 1 is 1.45 bits per heavy atom. The fourth-order valence-corrected chi connectivity index (χ4v) is 2.24. The average Bonchev–Trinajstić information content (AvgIpc) is 2.42. The molecule has 110 valence electrons. The van der Waals surface area contributed by atoms with E-state index in [0.29, 0.717) is 25.3 Å². The molecule has 0 amide bonds. The van der Waals surface area contributed by atoms with Crippen molar-refractivity contribution in [3.63, 3.8) is 0 Å². The molecule has 1 aromatic rings. The Labute approximate surface area is 118 Å². The van der Waals surface area contributed by atoms with Crippen molar-refractivity contribution in [2.75, 3.05) is 32.8 Å². The van der Waals surface area contributed by atoms with Crippen LogP contribution in [0.3, 0.4) is 0 Å². The van der Waals surface area contributed by atoms with Crippen LogP contribution >= 0.6 is 0 Å². The van der Waals surface area contributed by atoms with Crippen molar-refractivity contribution in [2.45, 2.75) is 20.0 Å². The first-order valence-electron chi connectivity index (χ1n) is 6.84. The molecule has 0 unspecified atom stereocenters. The predicted octanol–water partition coefficient (Wildman–Crippen LogP) is 2.01. The molecule has 1 heterocycles. The second-order valence-corrected chi connectivity index (χ2v) is 5.07. The third-order valence-corrected chi connectivity index (χ3v) is 3.34. The van der Waals surface area contributed by atoms with Gasteiger partial charge in [0.15, 0.2) is 0 Å². The second-order valence-electron chi connectivity index (χ2n) is 5.07.